The molecule has 0 saturated heterocycles. The van der Waals surface area contributed by atoms with Crippen LogP contribution in [0.4, 0.5) is 0 Å². The molecule has 114 valence electrons. The summed E-state index contributed by atoms with van der Waals surface area (Å²) in [5.41, 5.74) is 1.69. The molecule has 1 aromatic carbocycles. The Morgan fingerprint density at radius 3 is 2.96 bits per heavy atom. The van der Waals surface area contributed by atoms with Crippen molar-refractivity contribution in [2.24, 2.45) is 0 Å². The van der Waals surface area contributed by atoms with Gasteiger partial charge in [-0.3, -0.25) is 0 Å². The van der Waals surface area contributed by atoms with Crippen LogP contribution < -0.4 is 0 Å². The van der Waals surface area contributed by atoms with E-state index in [1.807, 2.05) is 29.6 Å². The summed E-state index contributed by atoms with van der Waals surface area (Å²) < 4.78 is 6.77. The Kier molecular flexibility index (Phi) is 3.99. The second-order valence-electron chi connectivity index (χ2n) is 4.58. The maximum Gasteiger partial charge on any atom is 0.249 e. The number of hydrogen-bond donors (Lipinski definition) is 0. The van der Waals surface area contributed by atoms with Crippen molar-refractivity contribution in [3.8, 4) is 11.5 Å². The van der Waals surface area contributed by atoms with E-state index in [0.717, 1.165) is 20.8 Å². The molecule has 0 aliphatic carbocycles. The summed E-state index contributed by atoms with van der Waals surface area (Å²) in [6, 6.07) is 9.37. The lowest BCUT2D eigenvalue weighted by molar-refractivity contribution is 0.528. The van der Waals surface area contributed by atoms with Crippen molar-refractivity contribution in [3.63, 3.8) is 0 Å². The summed E-state index contributed by atoms with van der Waals surface area (Å²) >= 11 is 9.32. The first kappa shape index (κ1) is 14.6. The molecule has 0 atom stereocenters. The van der Waals surface area contributed by atoms with Gasteiger partial charge in [0.05, 0.1) is 26.6 Å². The van der Waals surface area contributed by atoms with E-state index in [4.69, 9.17) is 16.0 Å². The molecule has 0 saturated carbocycles. The molecule has 0 aliphatic rings. The Morgan fingerprint density at radius 2 is 2.04 bits per heavy atom. The first-order valence-electron chi connectivity index (χ1n) is 6.69. The maximum atomic E-state index is 6.15. The van der Waals surface area contributed by atoms with Crippen LogP contribution in [-0.4, -0.2) is 20.2 Å². The Balaban J connectivity index is 1.54. The highest BCUT2D eigenvalue weighted by Gasteiger charge is 2.13. The number of thioether (sulfide) groups is 1. The zero-order valence-corrected chi connectivity index (χ0v) is 14.0. The van der Waals surface area contributed by atoms with E-state index < -0.39 is 0 Å². The van der Waals surface area contributed by atoms with Crippen molar-refractivity contribution < 1.29 is 4.42 Å². The third-order valence-electron chi connectivity index (χ3n) is 3.11. The average molecular weight is 361 g/mol. The van der Waals surface area contributed by atoms with Gasteiger partial charge in [0.1, 0.15) is 11.4 Å². The van der Waals surface area contributed by atoms with Crippen molar-refractivity contribution in [2.75, 3.05) is 0 Å². The van der Waals surface area contributed by atoms with Gasteiger partial charge in [-0.25, -0.2) is 9.97 Å². The normalized spacial score (nSPS) is 11.2. The molecule has 3 aromatic heterocycles. The first-order valence-corrected chi connectivity index (χ1v) is 8.94. The number of hydrogen-bond acceptors (Lipinski definition) is 7. The standard InChI is InChI=1S/C15H9ClN4OS2/c16-10-4-2-1-3-9(10)14-20-19-12(21-14)7-23-15-13-11(5-6-22-13)17-8-18-15/h1-6,8H,7H2. The van der Waals surface area contributed by atoms with Crippen LogP contribution in [0.3, 0.4) is 0 Å². The summed E-state index contributed by atoms with van der Waals surface area (Å²) in [7, 11) is 0. The van der Waals surface area contributed by atoms with Crippen LogP contribution in [0, 0.1) is 0 Å². The average Bonchev–Trinajstić information content (AvgIpc) is 3.22. The largest absolute Gasteiger partial charge is 0.420 e. The van der Waals surface area contributed by atoms with Crippen LogP contribution >= 0.6 is 34.7 Å². The van der Waals surface area contributed by atoms with Gasteiger partial charge in [0, 0.05) is 0 Å². The topological polar surface area (TPSA) is 64.7 Å². The molecule has 0 amide bonds. The van der Waals surface area contributed by atoms with Crippen molar-refractivity contribution in [1.82, 2.24) is 20.2 Å². The van der Waals surface area contributed by atoms with Gasteiger partial charge in [-0.15, -0.1) is 21.5 Å². The van der Waals surface area contributed by atoms with Crippen molar-refractivity contribution >= 4 is 44.9 Å². The van der Waals surface area contributed by atoms with Gasteiger partial charge in [-0.1, -0.05) is 35.5 Å². The third kappa shape index (κ3) is 2.95. The summed E-state index contributed by atoms with van der Waals surface area (Å²) in [5, 5.41) is 11.7. The summed E-state index contributed by atoms with van der Waals surface area (Å²) in [4.78, 5) is 8.55. The lowest BCUT2D eigenvalue weighted by Crippen LogP contribution is -1.85. The Bertz CT molecular complexity index is 969. The lowest BCUT2D eigenvalue weighted by atomic mass is 10.2. The SMILES string of the molecule is Clc1ccccc1-c1nnc(CSc2ncnc3ccsc23)o1. The van der Waals surface area contributed by atoms with Gasteiger partial charge >= 0.3 is 0 Å². The highest BCUT2D eigenvalue weighted by Crippen LogP contribution is 2.31. The molecule has 4 aromatic rings. The highest BCUT2D eigenvalue weighted by atomic mass is 35.5. The molecule has 0 radical (unpaired) electrons. The van der Waals surface area contributed by atoms with Crippen LogP contribution in [0.1, 0.15) is 5.89 Å². The fourth-order valence-corrected chi connectivity index (χ4v) is 4.05. The molecule has 0 spiro atoms. The Labute approximate surface area is 144 Å². The van der Waals surface area contributed by atoms with Crippen molar-refractivity contribution in [2.45, 2.75) is 10.8 Å². The molecule has 0 N–H and O–H groups in total. The van der Waals surface area contributed by atoms with E-state index in [0.29, 0.717) is 22.6 Å². The van der Waals surface area contributed by atoms with E-state index in [1.165, 1.54) is 0 Å². The fraction of sp³-hybridized carbons (Fsp3) is 0.0667. The van der Waals surface area contributed by atoms with Crippen LogP contribution in [0.5, 0.6) is 0 Å². The van der Waals surface area contributed by atoms with Crippen molar-refractivity contribution in [3.05, 3.63) is 53.0 Å². The first-order chi connectivity index (χ1) is 11.3. The van der Waals surface area contributed by atoms with Gasteiger partial charge in [0.2, 0.25) is 11.8 Å². The molecule has 0 unspecified atom stereocenters. The predicted octanol–water partition coefficient (Wildman–Crippen LogP) is 4.69. The monoisotopic (exact) mass is 360 g/mol. The minimum Gasteiger partial charge on any atom is -0.420 e. The number of aromatic nitrogens is 4. The Morgan fingerprint density at radius 1 is 1.13 bits per heavy atom. The predicted molar refractivity (Wildman–Crippen MR) is 91.7 cm³/mol. The number of halogens is 1. The fourth-order valence-electron chi connectivity index (χ4n) is 2.05. The van der Waals surface area contributed by atoms with E-state index in [9.17, 15) is 0 Å². The zero-order chi connectivity index (χ0) is 15.6. The summed E-state index contributed by atoms with van der Waals surface area (Å²) in [6.45, 7) is 0. The van der Waals surface area contributed by atoms with Crippen LogP contribution in [0.2, 0.25) is 5.02 Å². The molecule has 4 rings (SSSR count). The number of rotatable bonds is 4. The smallest absolute Gasteiger partial charge is 0.249 e. The van der Waals surface area contributed by atoms with Crippen LogP contribution in [-0.2, 0) is 5.75 Å². The Hall–Kier alpha value is -1.96. The molecule has 0 aliphatic heterocycles. The molecule has 23 heavy (non-hydrogen) atoms. The van der Waals surface area contributed by atoms with Crippen molar-refractivity contribution in [1.29, 1.82) is 0 Å². The van der Waals surface area contributed by atoms with Gasteiger partial charge in [0.25, 0.3) is 0 Å². The minimum absolute atomic E-state index is 0.426. The van der Waals surface area contributed by atoms with Gasteiger partial charge in [-0.05, 0) is 23.6 Å². The summed E-state index contributed by atoms with van der Waals surface area (Å²) in [5.74, 6) is 1.50. The maximum absolute atomic E-state index is 6.15. The number of nitrogens with zero attached hydrogens (tertiary/aromatic N) is 4. The van der Waals surface area contributed by atoms with Gasteiger partial charge in [0.15, 0.2) is 0 Å². The van der Waals surface area contributed by atoms with E-state index in [-0.39, 0.29) is 0 Å². The summed E-state index contributed by atoms with van der Waals surface area (Å²) in [6.07, 6.45) is 1.57. The van der Waals surface area contributed by atoms with E-state index >= 15 is 0 Å². The molecular weight excluding hydrogens is 352 g/mol. The number of thiophene rings is 1. The molecular formula is C15H9ClN4OS2. The van der Waals surface area contributed by atoms with Crippen LogP contribution in [0.15, 0.2) is 51.5 Å². The third-order valence-corrected chi connectivity index (χ3v) is 5.46. The zero-order valence-electron chi connectivity index (χ0n) is 11.6. The van der Waals surface area contributed by atoms with Gasteiger partial charge in [-0.2, -0.15) is 0 Å². The highest BCUT2D eigenvalue weighted by molar-refractivity contribution is 7.98. The molecule has 0 fully saturated rings. The lowest BCUT2D eigenvalue weighted by Gasteiger charge is -1.99. The second-order valence-corrected chi connectivity index (χ2v) is 6.87. The van der Waals surface area contributed by atoms with Crippen LogP contribution in [0.25, 0.3) is 21.7 Å². The number of fused-ring (bicyclic) bond motifs is 1. The van der Waals surface area contributed by atoms with E-state index in [2.05, 4.69) is 20.2 Å². The second kappa shape index (κ2) is 6.27. The molecule has 5 nitrogen and oxygen atoms in total. The quantitative estimate of drug-likeness (QED) is 0.388. The number of benzene rings is 1. The molecule has 0 bridgehead atoms. The van der Waals surface area contributed by atoms with Gasteiger partial charge < -0.3 is 4.42 Å². The molecule has 8 heteroatoms. The minimum atomic E-state index is 0.426. The van der Waals surface area contributed by atoms with E-state index in [1.54, 1.807) is 35.5 Å². The molecule has 3 heterocycles.